The van der Waals surface area contributed by atoms with Gasteiger partial charge in [-0.3, -0.25) is 0 Å². The molecule has 0 radical (unpaired) electrons. The van der Waals surface area contributed by atoms with E-state index >= 15 is 0 Å². The first kappa shape index (κ1) is 24.2. The van der Waals surface area contributed by atoms with Crippen LogP contribution in [0.25, 0.3) is 0 Å². The Hall–Kier alpha value is -3.12. The lowest BCUT2D eigenvalue weighted by Crippen LogP contribution is -2.45. The summed E-state index contributed by atoms with van der Waals surface area (Å²) in [6.07, 6.45) is 3.44. The van der Waals surface area contributed by atoms with Crippen molar-refractivity contribution in [3.8, 4) is 0 Å². The average Bonchev–Trinajstić information content (AvgIpc) is 2.93. The third-order valence-corrected chi connectivity index (χ3v) is 8.87. The Bertz CT molecular complexity index is 1230. The van der Waals surface area contributed by atoms with Gasteiger partial charge < -0.3 is 19.6 Å². The van der Waals surface area contributed by atoms with Crippen molar-refractivity contribution in [2.24, 2.45) is 0 Å². The molecule has 6 heteroatoms. The normalized spacial score (nSPS) is 20.1. The molecule has 3 aliphatic heterocycles. The van der Waals surface area contributed by atoms with Crippen molar-refractivity contribution in [2.45, 2.75) is 45.1 Å². The van der Waals surface area contributed by atoms with E-state index in [4.69, 9.17) is 9.97 Å². The van der Waals surface area contributed by atoms with Gasteiger partial charge >= 0.3 is 0 Å². The Morgan fingerprint density at radius 3 is 2.14 bits per heavy atom. The summed E-state index contributed by atoms with van der Waals surface area (Å²) >= 11 is 0. The number of nitrogens with zero attached hydrogens (tertiary/aromatic N) is 6. The highest BCUT2D eigenvalue weighted by atomic mass is 15.3. The number of likely N-dealkylation sites (N-methyl/N-ethyl adjacent to an activating group) is 1. The lowest BCUT2D eigenvalue weighted by Gasteiger charge is -2.41. The molecule has 0 N–H and O–H groups in total. The van der Waals surface area contributed by atoms with Gasteiger partial charge in [0.25, 0.3) is 0 Å². The van der Waals surface area contributed by atoms with E-state index in [1.807, 2.05) is 6.92 Å². The lowest BCUT2D eigenvalue weighted by atomic mass is 9.74. The van der Waals surface area contributed by atoms with Gasteiger partial charge in [-0.05, 0) is 67.5 Å². The fraction of sp³-hybridized carbons (Fsp3) is 0.484. The van der Waals surface area contributed by atoms with Gasteiger partial charge in [-0.25, -0.2) is 9.97 Å². The van der Waals surface area contributed by atoms with Crippen molar-refractivity contribution >= 4 is 17.3 Å². The molecular weight excluding hydrogens is 456 g/mol. The standard InChI is InChI=1S/C31H40N6/c1-24-32-29(36-19-17-34(3)18-20-36)22-30(33-24)37-14-11-25-9-10-28(21-26(25)23-37)35-15-12-31(2,13-16-35)27-7-5-4-6-8-27/h4-10,21-22H,11-20,23H2,1-3H3. The van der Waals surface area contributed by atoms with E-state index in [1.165, 1.54) is 35.2 Å². The molecule has 2 fully saturated rings. The molecule has 2 saturated heterocycles. The van der Waals surface area contributed by atoms with Crippen LogP contribution in [0.1, 0.15) is 42.3 Å². The Kier molecular flexibility index (Phi) is 6.53. The zero-order valence-electron chi connectivity index (χ0n) is 22.7. The summed E-state index contributed by atoms with van der Waals surface area (Å²) in [6.45, 7) is 12.8. The number of hydrogen-bond donors (Lipinski definition) is 0. The summed E-state index contributed by atoms with van der Waals surface area (Å²) in [6, 6.07) is 20.4. The quantitative estimate of drug-likeness (QED) is 0.523. The molecule has 0 aliphatic carbocycles. The Morgan fingerprint density at radius 2 is 1.41 bits per heavy atom. The van der Waals surface area contributed by atoms with E-state index in [9.17, 15) is 0 Å². The van der Waals surface area contributed by atoms with Crippen LogP contribution in [0.5, 0.6) is 0 Å². The number of anilines is 3. The zero-order valence-corrected chi connectivity index (χ0v) is 22.7. The molecule has 194 valence electrons. The minimum atomic E-state index is 0.273. The van der Waals surface area contributed by atoms with E-state index in [1.54, 1.807) is 0 Å². The fourth-order valence-corrected chi connectivity index (χ4v) is 6.22. The van der Waals surface area contributed by atoms with E-state index in [2.05, 4.69) is 88.2 Å². The summed E-state index contributed by atoms with van der Waals surface area (Å²) in [7, 11) is 2.19. The maximum absolute atomic E-state index is 4.86. The van der Waals surface area contributed by atoms with Gasteiger partial charge in [0.05, 0.1) is 0 Å². The van der Waals surface area contributed by atoms with Crippen LogP contribution in [0.4, 0.5) is 17.3 Å². The van der Waals surface area contributed by atoms with Crippen LogP contribution in [0.2, 0.25) is 0 Å². The van der Waals surface area contributed by atoms with Crippen molar-refractivity contribution in [1.82, 2.24) is 14.9 Å². The molecule has 1 aromatic heterocycles. The second-order valence-electron chi connectivity index (χ2n) is 11.5. The number of rotatable bonds is 4. The summed E-state index contributed by atoms with van der Waals surface area (Å²) in [5.41, 5.74) is 6.04. The second kappa shape index (κ2) is 9.97. The summed E-state index contributed by atoms with van der Waals surface area (Å²) < 4.78 is 0. The molecule has 0 amide bonds. The number of fused-ring (bicyclic) bond motifs is 1. The molecule has 6 rings (SSSR count). The maximum atomic E-state index is 4.86. The molecule has 4 heterocycles. The number of piperidine rings is 1. The van der Waals surface area contributed by atoms with E-state index < -0.39 is 0 Å². The van der Waals surface area contributed by atoms with Crippen molar-refractivity contribution in [2.75, 3.05) is 67.6 Å². The van der Waals surface area contributed by atoms with Crippen LogP contribution in [-0.4, -0.2) is 67.7 Å². The van der Waals surface area contributed by atoms with Crippen LogP contribution in [0, 0.1) is 6.92 Å². The topological polar surface area (TPSA) is 38.7 Å². The van der Waals surface area contributed by atoms with Crippen LogP contribution >= 0.6 is 0 Å². The SMILES string of the molecule is Cc1nc(N2CCN(C)CC2)cc(N2CCc3ccc(N4CCC(C)(c5ccccc5)CC4)cc3C2)n1. The maximum Gasteiger partial charge on any atom is 0.134 e. The highest BCUT2D eigenvalue weighted by Crippen LogP contribution is 2.37. The molecule has 0 atom stereocenters. The molecule has 0 spiro atoms. The van der Waals surface area contributed by atoms with Gasteiger partial charge in [-0.15, -0.1) is 0 Å². The van der Waals surface area contributed by atoms with E-state index in [0.717, 1.165) is 76.2 Å². The van der Waals surface area contributed by atoms with Gasteiger partial charge in [0, 0.05) is 64.1 Å². The van der Waals surface area contributed by atoms with Crippen LogP contribution in [0.15, 0.2) is 54.6 Å². The van der Waals surface area contributed by atoms with Crippen LogP contribution in [0.3, 0.4) is 0 Å². The molecule has 0 unspecified atom stereocenters. The van der Waals surface area contributed by atoms with Crippen molar-refractivity contribution in [1.29, 1.82) is 0 Å². The number of piperazine rings is 1. The molecule has 37 heavy (non-hydrogen) atoms. The third-order valence-electron chi connectivity index (χ3n) is 8.87. The average molecular weight is 497 g/mol. The highest BCUT2D eigenvalue weighted by Gasteiger charge is 2.32. The molecule has 0 saturated carbocycles. The van der Waals surface area contributed by atoms with Crippen molar-refractivity contribution in [3.63, 3.8) is 0 Å². The first-order chi connectivity index (χ1) is 18.0. The largest absolute Gasteiger partial charge is 0.371 e. The summed E-state index contributed by atoms with van der Waals surface area (Å²) in [4.78, 5) is 19.5. The second-order valence-corrected chi connectivity index (χ2v) is 11.5. The van der Waals surface area contributed by atoms with E-state index in [-0.39, 0.29) is 5.41 Å². The minimum absolute atomic E-state index is 0.273. The highest BCUT2D eigenvalue weighted by molar-refractivity contribution is 5.57. The van der Waals surface area contributed by atoms with Gasteiger partial charge in [0.2, 0.25) is 0 Å². The number of hydrogen-bond acceptors (Lipinski definition) is 6. The lowest BCUT2D eigenvalue weighted by molar-refractivity contribution is 0.312. The molecule has 0 bridgehead atoms. The number of aromatic nitrogens is 2. The molecule has 3 aromatic rings. The smallest absolute Gasteiger partial charge is 0.134 e. The Morgan fingerprint density at radius 1 is 0.703 bits per heavy atom. The summed E-state index contributed by atoms with van der Waals surface area (Å²) in [5.74, 6) is 3.00. The molecule has 2 aromatic carbocycles. The van der Waals surface area contributed by atoms with Gasteiger partial charge in [0.1, 0.15) is 17.5 Å². The van der Waals surface area contributed by atoms with Gasteiger partial charge in [-0.2, -0.15) is 0 Å². The van der Waals surface area contributed by atoms with Crippen molar-refractivity contribution in [3.05, 3.63) is 77.1 Å². The fourth-order valence-electron chi connectivity index (χ4n) is 6.22. The predicted octanol–water partition coefficient (Wildman–Crippen LogP) is 4.66. The predicted molar refractivity (Wildman–Crippen MR) is 153 cm³/mol. The monoisotopic (exact) mass is 496 g/mol. The Labute approximate surface area is 221 Å². The number of benzene rings is 2. The first-order valence-corrected chi connectivity index (χ1v) is 13.9. The number of aryl methyl sites for hydroxylation is 1. The molecule has 6 nitrogen and oxygen atoms in total. The van der Waals surface area contributed by atoms with Crippen LogP contribution in [-0.2, 0) is 18.4 Å². The van der Waals surface area contributed by atoms with Crippen LogP contribution < -0.4 is 14.7 Å². The summed E-state index contributed by atoms with van der Waals surface area (Å²) in [5, 5.41) is 0. The van der Waals surface area contributed by atoms with Gasteiger partial charge in [0.15, 0.2) is 0 Å². The zero-order chi connectivity index (χ0) is 25.4. The Balaban J connectivity index is 1.17. The first-order valence-electron chi connectivity index (χ1n) is 13.9. The van der Waals surface area contributed by atoms with E-state index in [0.29, 0.717) is 0 Å². The minimum Gasteiger partial charge on any atom is -0.371 e. The molecule has 3 aliphatic rings. The van der Waals surface area contributed by atoms with Crippen molar-refractivity contribution < 1.29 is 0 Å². The van der Waals surface area contributed by atoms with Gasteiger partial charge in [-0.1, -0.05) is 43.3 Å². The molecular formula is C31H40N6. The third kappa shape index (κ3) is 5.04.